The molecule has 0 heterocycles. The number of carbonyl (C=O) groups excluding carboxylic acids is 1. The van der Waals surface area contributed by atoms with Gasteiger partial charge < -0.3 is 14.2 Å². The van der Waals surface area contributed by atoms with Crippen molar-refractivity contribution < 1.29 is 19.0 Å². The largest absolute Gasteiger partial charge is 0.494 e. The highest BCUT2D eigenvalue weighted by atomic mass is 16.5. The van der Waals surface area contributed by atoms with Gasteiger partial charge in [0.05, 0.1) is 18.3 Å². The monoisotopic (exact) mass is 544 g/mol. The molecule has 0 aromatic heterocycles. The van der Waals surface area contributed by atoms with Crippen molar-refractivity contribution in [2.75, 3.05) is 6.61 Å². The van der Waals surface area contributed by atoms with Gasteiger partial charge in [0.2, 0.25) is 0 Å². The van der Waals surface area contributed by atoms with Crippen LogP contribution in [0.3, 0.4) is 0 Å². The third kappa shape index (κ3) is 11.1. The zero-order chi connectivity index (χ0) is 28.4. The summed E-state index contributed by atoms with van der Waals surface area (Å²) in [6.07, 6.45) is 14.9. The van der Waals surface area contributed by atoms with Crippen LogP contribution in [0, 0.1) is 0 Å². The molecule has 0 aliphatic carbocycles. The topological polar surface area (TPSA) is 44.8 Å². The standard InChI is InChI=1S/C36H48O4/c1-4-7-9-11-12-14-28-38-33-24-26-35(27-25-33)40-36(37)31-18-16-29(17-19-31)30-20-22-34(23-21-30)39-32(6-3)15-13-10-8-5-2/h16-27,32H,4-15,28H2,1-3H3. The average Bonchev–Trinajstić information content (AvgIpc) is 2.99. The maximum absolute atomic E-state index is 12.7. The first-order valence-corrected chi connectivity index (χ1v) is 15.4. The molecule has 40 heavy (non-hydrogen) atoms. The quantitative estimate of drug-likeness (QED) is 0.0855. The van der Waals surface area contributed by atoms with Gasteiger partial charge in [-0.25, -0.2) is 4.79 Å². The van der Waals surface area contributed by atoms with Crippen LogP contribution >= 0.6 is 0 Å². The first-order valence-electron chi connectivity index (χ1n) is 15.4. The lowest BCUT2D eigenvalue weighted by atomic mass is 10.0. The van der Waals surface area contributed by atoms with Crippen molar-refractivity contribution in [1.82, 2.24) is 0 Å². The van der Waals surface area contributed by atoms with Gasteiger partial charge in [0.15, 0.2) is 0 Å². The zero-order valence-corrected chi connectivity index (χ0v) is 24.8. The average molecular weight is 545 g/mol. The number of hydrogen-bond acceptors (Lipinski definition) is 4. The number of rotatable bonds is 19. The molecule has 0 fully saturated rings. The normalized spacial score (nSPS) is 11.7. The predicted octanol–water partition coefficient (Wildman–Crippen LogP) is 10.4. The summed E-state index contributed by atoms with van der Waals surface area (Å²) >= 11 is 0. The number of hydrogen-bond donors (Lipinski definition) is 0. The van der Waals surface area contributed by atoms with Crippen molar-refractivity contribution in [2.24, 2.45) is 0 Å². The van der Waals surface area contributed by atoms with Crippen molar-refractivity contribution in [3.63, 3.8) is 0 Å². The number of esters is 1. The minimum atomic E-state index is -0.374. The second-order valence-electron chi connectivity index (χ2n) is 10.6. The molecular formula is C36H48O4. The molecule has 0 bridgehead atoms. The molecule has 0 spiro atoms. The Morgan fingerprint density at radius 1 is 0.600 bits per heavy atom. The Morgan fingerprint density at radius 3 is 1.75 bits per heavy atom. The summed E-state index contributed by atoms with van der Waals surface area (Å²) in [6, 6.07) is 23.0. The molecule has 0 N–H and O–H groups in total. The van der Waals surface area contributed by atoms with E-state index in [-0.39, 0.29) is 12.1 Å². The highest BCUT2D eigenvalue weighted by Gasteiger charge is 2.11. The summed E-state index contributed by atoms with van der Waals surface area (Å²) in [5.74, 6) is 1.84. The van der Waals surface area contributed by atoms with Crippen LogP contribution in [0.5, 0.6) is 17.2 Å². The highest BCUT2D eigenvalue weighted by molar-refractivity contribution is 5.91. The summed E-state index contributed by atoms with van der Waals surface area (Å²) in [7, 11) is 0. The summed E-state index contributed by atoms with van der Waals surface area (Å²) in [6.45, 7) is 7.37. The minimum absolute atomic E-state index is 0.266. The van der Waals surface area contributed by atoms with Gasteiger partial charge in [0, 0.05) is 0 Å². The van der Waals surface area contributed by atoms with Gasteiger partial charge in [-0.1, -0.05) is 96.4 Å². The molecule has 0 radical (unpaired) electrons. The van der Waals surface area contributed by atoms with Gasteiger partial charge in [-0.05, 0) is 85.3 Å². The van der Waals surface area contributed by atoms with Gasteiger partial charge in [-0.15, -0.1) is 0 Å². The van der Waals surface area contributed by atoms with E-state index in [0.717, 1.165) is 41.9 Å². The molecule has 1 unspecified atom stereocenters. The summed E-state index contributed by atoms with van der Waals surface area (Å²) in [5.41, 5.74) is 2.64. The fraction of sp³-hybridized carbons (Fsp3) is 0.472. The Kier molecular flexibility index (Phi) is 14.2. The maximum Gasteiger partial charge on any atom is 0.343 e. The van der Waals surface area contributed by atoms with Gasteiger partial charge in [0.25, 0.3) is 0 Å². The molecule has 3 aromatic carbocycles. The van der Waals surface area contributed by atoms with E-state index in [2.05, 4.69) is 32.9 Å². The minimum Gasteiger partial charge on any atom is -0.494 e. The first-order chi connectivity index (χ1) is 19.6. The van der Waals surface area contributed by atoms with Crippen molar-refractivity contribution >= 4 is 5.97 Å². The molecule has 4 nitrogen and oxygen atoms in total. The molecule has 0 aliphatic heterocycles. The van der Waals surface area contributed by atoms with Crippen molar-refractivity contribution in [3.05, 3.63) is 78.4 Å². The van der Waals surface area contributed by atoms with Crippen molar-refractivity contribution in [3.8, 4) is 28.4 Å². The Hall–Kier alpha value is -3.27. The van der Waals surface area contributed by atoms with Crippen molar-refractivity contribution in [2.45, 2.75) is 104 Å². The van der Waals surface area contributed by atoms with E-state index in [0.29, 0.717) is 17.9 Å². The van der Waals surface area contributed by atoms with Gasteiger partial charge >= 0.3 is 5.97 Å². The lowest BCUT2D eigenvalue weighted by Crippen LogP contribution is -2.15. The van der Waals surface area contributed by atoms with Crippen LogP contribution in [0.2, 0.25) is 0 Å². The van der Waals surface area contributed by atoms with E-state index in [9.17, 15) is 4.79 Å². The highest BCUT2D eigenvalue weighted by Crippen LogP contribution is 2.25. The molecule has 0 saturated carbocycles. The maximum atomic E-state index is 12.7. The van der Waals surface area contributed by atoms with Crippen LogP contribution < -0.4 is 14.2 Å². The summed E-state index contributed by atoms with van der Waals surface area (Å²) in [4.78, 5) is 12.7. The number of unbranched alkanes of at least 4 members (excludes halogenated alkanes) is 8. The van der Waals surface area contributed by atoms with Crippen molar-refractivity contribution in [1.29, 1.82) is 0 Å². The Morgan fingerprint density at radius 2 is 1.12 bits per heavy atom. The Bertz CT molecular complexity index is 1090. The third-order valence-corrected chi connectivity index (χ3v) is 7.25. The second-order valence-corrected chi connectivity index (χ2v) is 10.6. The van der Waals surface area contributed by atoms with E-state index >= 15 is 0 Å². The van der Waals surface area contributed by atoms with E-state index in [1.165, 1.54) is 57.8 Å². The Balaban J connectivity index is 1.45. The number of ether oxygens (including phenoxy) is 3. The van der Waals surface area contributed by atoms with Crippen LogP contribution in [0.1, 0.15) is 108 Å². The smallest absolute Gasteiger partial charge is 0.343 e. The van der Waals surface area contributed by atoms with Crippen LogP contribution in [0.15, 0.2) is 72.8 Å². The number of carbonyl (C=O) groups is 1. The van der Waals surface area contributed by atoms with E-state index in [4.69, 9.17) is 14.2 Å². The molecular weight excluding hydrogens is 496 g/mol. The molecule has 3 rings (SSSR count). The second kappa shape index (κ2) is 18.1. The van der Waals surface area contributed by atoms with Gasteiger partial charge in [-0.2, -0.15) is 0 Å². The van der Waals surface area contributed by atoms with Crippen LogP contribution in [-0.4, -0.2) is 18.7 Å². The van der Waals surface area contributed by atoms with Crippen LogP contribution in [0.4, 0.5) is 0 Å². The molecule has 4 heteroatoms. The third-order valence-electron chi connectivity index (χ3n) is 7.25. The van der Waals surface area contributed by atoms with Gasteiger partial charge in [-0.3, -0.25) is 0 Å². The SMILES string of the molecule is CCCCCCCCOc1ccc(OC(=O)c2ccc(-c3ccc(OC(CC)CCCCCC)cc3)cc2)cc1. The molecule has 0 saturated heterocycles. The molecule has 0 aliphatic rings. The first kappa shape index (κ1) is 31.3. The molecule has 0 amide bonds. The Labute approximate surface area is 242 Å². The van der Waals surface area contributed by atoms with E-state index in [1.54, 1.807) is 12.1 Å². The van der Waals surface area contributed by atoms with E-state index in [1.807, 2.05) is 48.5 Å². The predicted molar refractivity (Wildman–Crippen MR) is 166 cm³/mol. The summed E-state index contributed by atoms with van der Waals surface area (Å²) in [5, 5.41) is 0. The molecule has 3 aromatic rings. The van der Waals surface area contributed by atoms with Crippen LogP contribution in [-0.2, 0) is 0 Å². The number of benzene rings is 3. The van der Waals surface area contributed by atoms with E-state index < -0.39 is 0 Å². The zero-order valence-electron chi connectivity index (χ0n) is 24.8. The molecule has 216 valence electrons. The lowest BCUT2D eigenvalue weighted by Gasteiger charge is -2.18. The van der Waals surface area contributed by atoms with Gasteiger partial charge in [0.1, 0.15) is 17.2 Å². The fourth-order valence-electron chi connectivity index (χ4n) is 4.70. The molecule has 1 atom stereocenters. The summed E-state index contributed by atoms with van der Waals surface area (Å²) < 4.78 is 17.6. The fourth-order valence-corrected chi connectivity index (χ4v) is 4.70. The van der Waals surface area contributed by atoms with Crippen LogP contribution in [0.25, 0.3) is 11.1 Å². The lowest BCUT2D eigenvalue weighted by molar-refractivity contribution is 0.0734.